The van der Waals surface area contributed by atoms with Crippen LogP contribution >= 0.6 is 11.8 Å². The minimum absolute atomic E-state index is 0.0353. The lowest BCUT2D eigenvalue weighted by molar-refractivity contribution is -0.147. The summed E-state index contributed by atoms with van der Waals surface area (Å²) < 4.78 is 5.50. The Balaban J connectivity index is 1.32. The summed E-state index contributed by atoms with van der Waals surface area (Å²) in [6, 6.07) is 0.162. The SMILES string of the molecule is COC1CCC(C2CSC(NC(=O)C3NCCCC3C3CCCCC3C(=O)O)N2)CC1. The highest BCUT2D eigenvalue weighted by Crippen LogP contribution is 2.40. The fourth-order valence-corrected chi connectivity index (χ4v) is 7.67. The largest absolute Gasteiger partial charge is 0.481 e. The number of hydrogen-bond acceptors (Lipinski definition) is 6. The summed E-state index contributed by atoms with van der Waals surface area (Å²) in [6.45, 7) is 0.829. The molecular formula is C23H39N3O4S. The molecule has 4 aliphatic rings. The number of carbonyl (C=O) groups excluding carboxylic acids is 1. The molecule has 0 aromatic rings. The average molecular weight is 454 g/mol. The van der Waals surface area contributed by atoms with Crippen molar-refractivity contribution in [1.82, 2.24) is 16.0 Å². The van der Waals surface area contributed by atoms with Crippen molar-refractivity contribution in [2.24, 2.45) is 23.7 Å². The van der Waals surface area contributed by atoms with E-state index in [0.29, 0.717) is 18.1 Å². The number of piperidine rings is 1. The number of carboxylic acid groups (broad SMARTS) is 1. The Labute approximate surface area is 190 Å². The van der Waals surface area contributed by atoms with Gasteiger partial charge in [-0.25, -0.2) is 0 Å². The van der Waals surface area contributed by atoms with Crippen LogP contribution in [0.4, 0.5) is 0 Å². The van der Waals surface area contributed by atoms with Crippen LogP contribution in [0.1, 0.15) is 64.2 Å². The Morgan fingerprint density at radius 3 is 2.48 bits per heavy atom. The first-order valence-corrected chi connectivity index (χ1v) is 13.3. The molecule has 2 saturated carbocycles. The van der Waals surface area contributed by atoms with Crippen LogP contribution in [-0.4, -0.2) is 60.1 Å². The second-order valence-corrected chi connectivity index (χ2v) is 11.0. The summed E-state index contributed by atoms with van der Waals surface area (Å²) >= 11 is 1.79. The number of ether oxygens (including phenoxy) is 1. The van der Waals surface area contributed by atoms with Gasteiger partial charge in [-0.2, -0.15) is 0 Å². The minimum Gasteiger partial charge on any atom is -0.481 e. The Bertz CT molecular complexity index is 628. The normalized spacial score (nSPS) is 41.6. The Morgan fingerprint density at radius 2 is 1.74 bits per heavy atom. The average Bonchev–Trinajstić information content (AvgIpc) is 3.27. The third kappa shape index (κ3) is 5.57. The summed E-state index contributed by atoms with van der Waals surface area (Å²) in [5.41, 5.74) is -0.0522. The fraction of sp³-hybridized carbons (Fsp3) is 0.913. The van der Waals surface area contributed by atoms with E-state index < -0.39 is 5.97 Å². The van der Waals surface area contributed by atoms with Crippen molar-refractivity contribution in [1.29, 1.82) is 0 Å². The van der Waals surface area contributed by atoms with Gasteiger partial charge in [0.25, 0.3) is 0 Å². The van der Waals surface area contributed by atoms with Crippen molar-refractivity contribution in [2.45, 2.75) is 87.9 Å². The topological polar surface area (TPSA) is 99.7 Å². The predicted molar refractivity (Wildman–Crippen MR) is 122 cm³/mol. The van der Waals surface area contributed by atoms with Gasteiger partial charge in [-0.05, 0) is 75.7 Å². The fourth-order valence-electron chi connectivity index (χ4n) is 6.43. The molecule has 6 unspecified atom stereocenters. The van der Waals surface area contributed by atoms with Crippen LogP contribution < -0.4 is 16.0 Å². The monoisotopic (exact) mass is 453 g/mol. The Hall–Kier alpha value is -0.830. The molecule has 4 fully saturated rings. The highest BCUT2D eigenvalue weighted by Gasteiger charge is 2.43. The van der Waals surface area contributed by atoms with Crippen molar-refractivity contribution in [3.63, 3.8) is 0 Å². The van der Waals surface area contributed by atoms with Gasteiger partial charge in [0.05, 0.1) is 18.1 Å². The maximum atomic E-state index is 13.3. The van der Waals surface area contributed by atoms with Crippen LogP contribution in [0.2, 0.25) is 0 Å². The van der Waals surface area contributed by atoms with E-state index in [1.165, 1.54) is 12.8 Å². The van der Waals surface area contributed by atoms with E-state index in [0.717, 1.165) is 63.7 Å². The molecule has 7 nitrogen and oxygen atoms in total. The first-order chi connectivity index (χ1) is 15.1. The number of amides is 1. The lowest BCUT2D eigenvalue weighted by Crippen LogP contribution is -2.58. The van der Waals surface area contributed by atoms with Crippen molar-refractivity contribution in [2.75, 3.05) is 19.4 Å². The van der Waals surface area contributed by atoms with Crippen molar-refractivity contribution >= 4 is 23.6 Å². The van der Waals surface area contributed by atoms with Crippen molar-refractivity contribution < 1.29 is 19.4 Å². The third-order valence-electron chi connectivity index (χ3n) is 8.18. The first-order valence-electron chi connectivity index (χ1n) is 12.2. The minimum atomic E-state index is -0.687. The molecule has 2 heterocycles. The summed E-state index contributed by atoms with van der Waals surface area (Å²) in [5.74, 6) is 0.934. The molecule has 1 amide bonds. The number of carbonyl (C=O) groups is 2. The van der Waals surface area contributed by atoms with Gasteiger partial charge in [0.1, 0.15) is 5.50 Å². The van der Waals surface area contributed by atoms with E-state index >= 15 is 0 Å². The highest BCUT2D eigenvalue weighted by atomic mass is 32.2. The molecule has 4 N–H and O–H groups in total. The quantitative estimate of drug-likeness (QED) is 0.490. The molecule has 6 atom stereocenters. The molecule has 0 spiro atoms. The van der Waals surface area contributed by atoms with Crippen LogP contribution in [0.5, 0.6) is 0 Å². The number of methoxy groups -OCH3 is 1. The van der Waals surface area contributed by atoms with Gasteiger partial charge in [0.15, 0.2) is 0 Å². The predicted octanol–water partition coefficient (Wildman–Crippen LogP) is 2.56. The van der Waals surface area contributed by atoms with Crippen LogP contribution in [0.3, 0.4) is 0 Å². The van der Waals surface area contributed by atoms with Gasteiger partial charge in [0.2, 0.25) is 5.91 Å². The van der Waals surface area contributed by atoms with E-state index in [1.54, 1.807) is 18.9 Å². The number of aliphatic carboxylic acids is 1. The zero-order valence-electron chi connectivity index (χ0n) is 18.7. The molecule has 31 heavy (non-hydrogen) atoms. The van der Waals surface area contributed by atoms with E-state index in [4.69, 9.17) is 4.74 Å². The van der Waals surface area contributed by atoms with Crippen LogP contribution in [0.25, 0.3) is 0 Å². The molecule has 2 aliphatic heterocycles. The molecular weight excluding hydrogens is 414 g/mol. The number of rotatable bonds is 6. The van der Waals surface area contributed by atoms with E-state index in [9.17, 15) is 14.7 Å². The van der Waals surface area contributed by atoms with Crippen LogP contribution in [-0.2, 0) is 14.3 Å². The second-order valence-electron chi connectivity index (χ2n) is 9.90. The number of carboxylic acids is 1. The maximum absolute atomic E-state index is 13.3. The maximum Gasteiger partial charge on any atom is 0.306 e. The molecule has 0 aromatic heterocycles. The van der Waals surface area contributed by atoms with E-state index in [-0.39, 0.29) is 35.2 Å². The molecule has 8 heteroatoms. The Kier molecular flexibility index (Phi) is 8.17. The number of hydrogen-bond donors (Lipinski definition) is 4. The van der Waals surface area contributed by atoms with E-state index in [2.05, 4.69) is 16.0 Å². The third-order valence-corrected chi connectivity index (χ3v) is 9.32. The van der Waals surface area contributed by atoms with Gasteiger partial charge < -0.3 is 20.5 Å². The highest BCUT2D eigenvalue weighted by molar-refractivity contribution is 8.00. The van der Waals surface area contributed by atoms with E-state index in [1.807, 2.05) is 0 Å². The molecule has 2 aliphatic carbocycles. The lowest BCUT2D eigenvalue weighted by atomic mass is 9.67. The molecule has 0 aromatic carbocycles. The molecule has 4 rings (SSSR count). The summed E-state index contributed by atoms with van der Waals surface area (Å²) in [6.07, 6.45) is 10.7. The molecule has 0 bridgehead atoms. The zero-order valence-corrected chi connectivity index (χ0v) is 19.5. The van der Waals surface area contributed by atoms with Gasteiger partial charge in [-0.3, -0.25) is 14.9 Å². The summed E-state index contributed by atoms with van der Waals surface area (Å²) in [7, 11) is 1.80. The Morgan fingerprint density at radius 1 is 1.00 bits per heavy atom. The first kappa shape index (κ1) is 23.3. The van der Waals surface area contributed by atoms with Gasteiger partial charge >= 0.3 is 5.97 Å². The zero-order chi connectivity index (χ0) is 21.8. The lowest BCUT2D eigenvalue weighted by Gasteiger charge is -2.41. The molecule has 176 valence electrons. The van der Waals surface area contributed by atoms with Crippen molar-refractivity contribution in [3.8, 4) is 0 Å². The smallest absolute Gasteiger partial charge is 0.306 e. The van der Waals surface area contributed by atoms with Gasteiger partial charge in [0, 0.05) is 18.9 Å². The second kappa shape index (κ2) is 10.9. The molecule has 2 saturated heterocycles. The van der Waals surface area contributed by atoms with Crippen molar-refractivity contribution in [3.05, 3.63) is 0 Å². The van der Waals surface area contributed by atoms with Gasteiger partial charge in [-0.15, -0.1) is 11.8 Å². The molecule has 0 radical (unpaired) electrons. The summed E-state index contributed by atoms with van der Waals surface area (Å²) in [4.78, 5) is 25.1. The van der Waals surface area contributed by atoms with Gasteiger partial charge in [-0.1, -0.05) is 12.8 Å². The van der Waals surface area contributed by atoms with Crippen LogP contribution in [0.15, 0.2) is 0 Å². The standard InChI is InChI=1S/C23H39N3O4S/c1-30-15-10-8-14(9-11-15)19-13-31-23(25-19)26-21(27)20-17(7-4-12-24-20)16-5-2-3-6-18(16)22(28)29/h14-20,23-25H,2-13H2,1H3,(H,26,27)(H,28,29). The summed E-state index contributed by atoms with van der Waals surface area (Å²) in [5, 5.41) is 20.0. The number of nitrogens with one attached hydrogen (secondary N) is 3. The number of thioether (sulfide) groups is 1. The van der Waals surface area contributed by atoms with Crippen LogP contribution in [0, 0.1) is 23.7 Å².